The fourth-order valence-corrected chi connectivity index (χ4v) is 2.24. The molecule has 0 atom stereocenters. The van der Waals surface area contributed by atoms with Crippen molar-refractivity contribution in [2.24, 2.45) is 0 Å². The van der Waals surface area contributed by atoms with Crippen LogP contribution in [0, 0.1) is 0 Å². The lowest BCUT2D eigenvalue weighted by Crippen LogP contribution is -2.36. The summed E-state index contributed by atoms with van der Waals surface area (Å²) in [4.78, 5) is 11.5. The smallest absolute Gasteiger partial charge is 0.246 e. The zero-order valence-corrected chi connectivity index (χ0v) is 13.3. The van der Waals surface area contributed by atoms with E-state index in [2.05, 4.69) is 10.0 Å². The molecule has 0 bridgehead atoms. The number of benzene rings is 1. The van der Waals surface area contributed by atoms with Crippen molar-refractivity contribution in [3.63, 3.8) is 0 Å². The highest BCUT2D eigenvalue weighted by Gasteiger charge is 2.06. The van der Waals surface area contributed by atoms with Crippen molar-refractivity contribution in [3.05, 3.63) is 34.9 Å². The molecule has 118 valence electrons. The molecule has 8 heteroatoms. The van der Waals surface area contributed by atoms with Gasteiger partial charge in [-0.2, -0.15) is 0 Å². The molecule has 1 aromatic carbocycles. The van der Waals surface area contributed by atoms with Gasteiger partial charge in [-0.3, -0.25) is 4.79 Å². The largest absolute Gasteiger partial charge is 0.367 e. The fraction of sp³-hybridized carbons (Fsp3) is 0.462. The Morgan fingerprint density at radius 3 is 2.67 bits per heavy atom. The van der Waals surface area contributed by atoms with Crippen molar-refractivity contribution in [2.75, 3.05) is 25.4 Å². The zero-order chi connectivity index (χ0) is 15.7. The van der Waals surface area contributed by atoms with Gasteiger partial charge in [0.25, 0.3) is 0 Å². The van der Waals surface area contributed by atoms with Gasteiger partial charge in [-0.05, 0) is 18.6 Å². The zero-order valence-electron chi connectivity index (χ0n) is 11.8. The molecule has 6 nitrogen and oxygen atoms in total. The summed E-state index contributed by atoms with van der Waals surface area (Å²) in [5, 5.41) is 3.15. The minimum absolute atomic E-state index is 0.0158. The summed E-state index contributed by atoms with van der Waals surface area (Å²) >= 11 is 5.95. The standard InChI is InChI=1S/C13H19ClN2O4S/c1-2-21(18,19)16-8-7-15-13(17)10-20-9-11-5-3-4-6-12(11)14/h3-6,16H,2,7-10H2,1H3,(H,15,17). The summed E-state index contributed by atoms with van der Waals surface area (Å²) in [5.41, 5.74) is 0.808. The minimum Gasteiger partial charge on any atom is -0.367 e. The Labute approximate surface area is 129 Å². The Kier molecular flexibility index (Phi) is 7.66. The predicted octanol–water partition coefficient (Wildman–Crippen LogP) is 0.912. The molecule has 0 saturated carbocycles. The number of hydrogen-bond acceptors (Lipinski definition) is 4. The molecule has 1 amide bonds. The average molecular weight is 335 g/mol. The van der Waals surface area contributed by atoms with E-state index in [1.54, 1.807) is 13.0 Å². The van der Waals surface area contributed by atoms with E-state index in [-0.39, 0.29) is 38.0 Å². The van der Waals surface area contributed by atoms with Gasteiger partial charge in [0.1, 0.15) is 6.61 Å². The van der Waals surface area contributed by atoms with Gasteiger partial charge in [0, 0.05) is 18.1 Å². The monoisotopic (exact) mass is 334 g/mol. The van der Waals surface area contributed by atoms with E-state index in [9.17, 15) is 13.2 Å². The normalized spacial score (nSPS) is 11.3. The summed E-state index contributed by atoms with van der Waals surface area (Å²) < 4.78 is 29.9. The van der Waals surface area contributed by atoms with Crippen LogP contribution in [0.4, 0.5) is 0 Å². The van der Waals surface area contributed by atoms with Crippen LogP contribution < -0.4 is 10.0 Å². The first-order valence-electron chi connectivity index (χ1n) is 6.50. The molecule has 0 spiro atoms. The SMILES string of the molecule is CCS(=O)(=O)NCCNC(=O)COCc1ccccc1Cl. The molecule has 0 aliphatic carbocycles. The maximum absolute atomic E-state index is 11.5. The Bertz CT molecular complexity index is 563. The highest BCUT2D eigenvalue weighted by Crippen LogP contribution is 2.15. The molecule has 0 radical (unpaired) electrons. The number of nitrogens with one attached hydrogen (secondary N) is 2. The summed E-state index contributed by atoms with van der Waals surface area (Å²) in [5.74, 6) is -0.292. The summed E-state index contributed by atoms with van der Waals surface area (Å²) in [7, 11) is -3.22. The first-order chi connectivity index (χ1) is 9.94. The summed E-state index contributed by atoms with van der Waals surface area (Å²) in [6.07, 6.45) is 0. The van der Waals surface area contributed by atoms with Gasteiger partial charge < -0.3 is 10.1 Å². The Morgan fingerprint density at radius 2 is 2.00 bits per heavy atom. The quantitative estimate of drug-likeness (QED) is 0.657. The molecule has 0 unspecified atom stereocenters. The molecule has 21 heavy (non-hydrogen) atoms. The van der Waals surface area contributed by atoms with E-state index in [0.29, 0.717) is 5.02 Å². The topological polar surface area (TPSA) is 84.5 Å². The van der Waals surface area contributed by atoms with Crippen molar-refractivity contribution in [1.29, 1.82) is 0 Å². The van der Waals surface area contributed by atoms with Gasteiger partial charge in [-0.25, -0.2) is 13.1 Å². The lowest BCUT2D eigenvalue weighted by Gasteiger charge is -2.08. The molecule has 0 aliphatic rings. The number of ether oxygens (including phenoxy) is 1. The van der Waals surface area contributed by atoms with Crippen LogP contribution in [0.5, 0.6) is 0 Å². The van der Waals surface area contributed by atoms with Gasteiger partial charge in [-0.1, -0.05) is 29.8 Å². The second-order valence-electron chi connectivity index (χ2n) is 4.23. The van der Waals surface area contributed by atoms with Crippen molar-refractivity contribution in [1.82, 2.24) is 10.0 Å². The van der Waals surface area contributed by atoms with Crippen LogP contribution in [0.2, 0.25) is 5.02 Å². The number of carbonyl (C=O) groups excluding carboxylic acids is 1. The van der Waals surface area contributed by atoms with Crippen molar-refractivity contribution in [3.8, 4) is 0 Å². The molecule has 0 aromatic heterocycles. The maximum atomic E-state index is 11.5. The van der Waals surface area contributed by atoms with Crippen LogP contribution in [0.1, 0.15) is 12.5 Å². The first-order valence-corrected chi connectivity index (χ1v) is 8.53. The predicted molar refractivity (Wildman–Crippen MR) is 81.6 cm³/mol. The Hall–Kier alpha value is -1.15. The summed E-state index contributed by atoms with van der Waals surface area (Å²) in [6, 6.07) is 7.22. The molecule has 0 aliphatic heterocycles. The average Bonchev–Trinajstić information content (AvgIpc) is 2.46. The van der Waals surface area contributed by atoms with Crippen molar-refractivity contribution < 1.29 is 17.9 Å². The molecule has 2 N–H and O–H groups in total. The lowest BCUT2D eigenvalue weighted by molar-refractivity contribution is -0.126. The second-order valence-corrected chi connectivity index (χ2v) is 6.73. The molecule has 0 saturated heterocycles. The van der Waals surface area contributed by atoms with E-state index in [1.165, 1.54) is 0 Å². The Balaban J connectivity index is 2.16. The van der Waals surface area contributed by atoms with Crippen LogP contribution in [-0.2, 0) is 26.2 Å². The number of halogens is 1. The third-order valence-corrected chi connectivity index (χ3v) is 4.37. The summed E-state index contributed by atoms with van der Waals surface area (Å²) in [6.45, 7) is 2.06. The van der Waals surface area contributed by atoms with Gasteiger partial charge in [0.2, 0.25) is 15.9 Å². The Morgan fingerprint density at radius 1 is 1.29 bits per heavy atom. The minimum atomic E-state index is -3.22. The molecule has 0 fully saturated rings. The van der Waals surface area contributed by atoms with E-state index in [1.807, 2.05) is 18.2 Å². The van der Waals surface area contributed by atoms with Crippen LogP contribution in [0.3, 0.4) is 0 Å². The van der Waals surface area contributed by atoms with E-state index in [4.69, 9.17) is 16.3 Å². The molecule has 0 heterocycles. The van der Waals surface area contributed by atoms with Crippen molar-refractivity contribution in [2.45, 2.75) is 13.5 Å². The third kappa shape index (κ3) is 7.42. The van der Waals surface area contributed by atoms with Gasteiger partial charge in [0.05, 0.1) is 12.4 Å². The van der Waals surface area contributed by atoms with E-state index in [0.717, 1.165) is 5.56 Å². The van der Waals surface area contributed by atoms with Crippen LogP contribution in [0.25, 0.3) is 0 Å². The maximum Gasteiger partial charge on any atom is 0.246 e. The number of carbonyl (C=O) groups is 1. The van der Waals surface area contributed by atoms with Gasteiger partial charge in [0.15, 0.2) is 0 Å². The number of rotatable bonds is 9. The molecule has 1 aromatic rings. The van der Waals surface area contributed by atoms with E-state index >= 15 is 0 Å². The molecular formula is C13H19ClN2O4S. The van der Waals surface area contributed by atoms with Crippen molar-refractivity contribution >= 4 is 27.5 Å². The first kappa shape index (κ1) is 17.9. The molecular weight excluding hydrogens is 316 g/mol. The third-order valence-electron chi connectivity index (χ3n) is 2.60. The number of amides is 1. The lowest BCUT2D eigenvalue weighted by atomic mass is 10.2. The van der Waals surface area contributed by atoms with Crippen LogP contribution >= 0.6 is 11.6 Å². The van der Waals surface area contributed by atoms with Gasteiger partial charge in [-0.15, -0.1) is 0 Å². The molecule has 1 rings (SSSR count). The second kappa shape index (κ2) is 8.99. The highest BCUT2D eigenvalue weighted by atomic mass is 35.5. The van der Waals surface area contributed by atoms with Crippen LogP contribution in [-0.4, -0.2) is 39.8 Å². The number of sulfonamides is 1. The van der Waals surface area contributed by atoms with E-state index < -0.39 is 10.0 Å². The number of hydrogen-bond donors (Lipinski definition) is 2. The fourth-order valence-electron chi connectivity index (χ4n) is 1.43. The highest BCUT2D eigenvalue weighted by molar-refractivity contribution is 7.89. The van der Waals surface area contributed by atoms with Crippen LogP contribution in [0.15, 0.2) is 24.3 Å². The van der Waals surface area contributed by atoms with Gasteiger partial charge >= 0.3 is 0 Å².